The van der Waals surface area contributed by atoms with Gasteiger partial charge in [0, 0.05) is 39.3 Å². The van der Waals surface area contributed by atoms with E-state index in [1.54, 1.807) is 0 Å². The van der Waals surface area contributed by atoms with Gasteiger partial charge in [-0.05, 0) is 31.4 Å². The summed E-state index contributed by atoms with van der Waals surface area (Å²) in [6, 6.07) is 4.41. The van der Waals surface area contributed by atoms with E-state index in [2.05, 4.69) is 32.2 Å². The molecule has 2 saturated heterocycles. The van der Waals surface area contributed by atoms with E-state index >= 15 is 0 Å². The van der Waals surface area contributed by atoms with Gasteiger partial charge in [0.2, 0.25) is 0 Å². The van der Waals surface area contributed by atoms with Crippen LogP contribution in [0.15, 0.2) is 18.3 Å². The highest BCUT2D eigenvalue weighted by Crippen LogP contribution is 2.21. The van der Waals surface area contributed by atoms with Gasteiger partial charge in [0.25, 0.3) is 0 Å². The summed E-state index contributed by atoms with van der Waals surface area (Å²) in [5.41, 5.74) is 1.29. The fourth-order valence-corrected chi connectivity index (χ4v) is 2.80. The second-order valence-corrected chi connectivity index (χ2v) is 5.16. The third-order valence-electron chi connectivity index (χ3n) is 3.89. The third-order valence-corrected chi connectivity index (χ3v) is 3.89. The van der Waals surface area contributed by atoms with Crippen LogP contribution in [0.5, 0.6) is 0 Å². The maximum absolute atomic E-state index is 4.63. The molecular weight excluding hydrogens is 224 g/mol. The van der Waals surface area contributed by atoms with E-state index in [0.717, 1.165) is 32.0 Å². The fourth-order valence-electron chi connectivity index (χ4n) is 2.80. The zero-order chi connectivity index (χ0) is 12.2. The average molecular weight is 246 g/mol. The first-order valence-electron chi connectivity index (χ1n) is 7.10. The van der Waals surface area contributed by atoms with Crippen molar-refractivity contribution in [3.63, 3.8) is 0 Å². The Labute approximate surface area is 109 Å². The molecule has 0 spiro atoms. The van der Waals surface area contributed by atoms with Crippen LogP contribution in [0.25, 0.3) is 0 Å². The van der Waals surface area contributed by atoms with Crippen LogP contribution in [-0.2, 0) is 0 Å². The summed E-state index contributed by atoms with van der Waals surface area (Å²) in [6.45, 7) is 6.64. The van der Waals surface area contributed by atoms with E-state index in [0.29, 0.717) is 0 Å². The molecule has 0 bridgehead atoms. The average Bonchev–Trinajstić information content (AvgIpc) is 2.49. The number of anilines is 2. The first-order chi connectivity index (χ1) is 8.93. The summed E-state index contributed by atoms with van der Waals surface area (Å²) in [5.74, 6) is 1.12. The first-order valence-corrected chi connectivity index (χ1v) is 7.10. The lowest BCUT2D eigenvalue weighted by atomic mass is 10.1. The van der Waals surface area contributed by atoms with E-state index < -0.39 is 0 Å². The summed E-state index contributed by atoms with van der Waals surface area (Å²) in [4.78, 5) is 9.45. The van der Waals surface area contributed by atoms with Crippen molar-refractivity contribution < 1.29 is 0 Å². The Morgan fingerprint density at radius 1 is 0.889 bits per heavy atom. The van der Waals surface area contributed by atoms with Crippen molar-refractivity contribution in [3.8, 4) is 0 Å². The zero-order valence-electron chi connectivity index (χ0n) is 10.9. The Balaban J connectivity index is 1.67. The third kappa shape index (κ3) is 2.58. The molecule has 1 aromatic rings. The van der Waals surface area contributed by atoms with Gasteiger partial charge >= 0.3 is 0 Å². The number of rotatable bonds is 2. The van der Waals surface area contributed by atoms with Crippen molar-refractivity contribution >= 4 is 11.5 Å². The molecule has 2 aliphatic heterocycles. The van der Waals surface area contributed by atoms with Crippen LogP contribution in [0.3, 0.4) is 0 Å². The molecule has 0 amide bonds. The van der Waals surface area contributed by atoms with Gasteiger partial charge in [-0.15, -0.1) is 0 Å². The lowest BCUT2D eigenvalue weighted by Gasteiger charge is -2.30. The predicted octanol–water partition coefficient (Wildman–Crippen LogP) is 1.48. The largest absolute Gasteiger partial charge is 0.370 e. The quantitative estimate of drug-likeness (QED) is 0.856. The highest BCUT2D eigenvalue weighted by molar-refractivity contribution is 5.50. The van der Waals surface area contributed by atoms with Gasteiger partial charge in [-0.25, -0.2) is 4.98 Å². The second-order valence-electron chi connectivity index (χ2n) is 5.16. The number of aromatic nitrogens is 1. The van der Waals surface area contributed by atoms with Gasteiger partial charge in [-0.1, -0.05) is 0 Å². The molecule has 0 aliphatic carbocycles. The molecule has 4 heteroatoms. The standard InChI is InChI=1S/C14H22N4/c1-2-8-17(9-3-1)13-4-5-14(16-12-13)18-10-6-15-7-11-18/h4-5,12,15H,1-3,6-11H2. The molecule has 0 radical (unpaired) electrons. The minimum Gasteiger partial charge on any atom is -0.370 e. The molecule has 1 aromatic heterocycles. The minimum absolute atomic E-state index is 1.07. The fraction of sp³-hybridized carbons (Fsp3) is 0.643. The Morgan fingerprint density at radius 2 is 1.67 bits per heavy atom. The topological polar surface area (TPSA) is 31.4 Å². The summed E-state index contributed by atoms with van der Waals surface area (Å²) < 4.78 is 0. The molecule has 1 N–H and O–H groups in total. The highest BCUT2D eigenvalue weighted by Gasteiger charge is 2.14. The van der Waals surface area contributed by atoms with Gasteiger partial charge < -0.3 is 15.1 Å². The molecule has 18 heavy (non-hydrogen) atoms. The highest BCUT2D eigenvalue weighted by atomic mass is 15.2. The van der Waals surface area contributed by atoms with Gasteiger partial charge in [0.05, 0.1) is 11.9 Å². The van der Waals surface area contributed by atoms with Crippen LogP contribution >= 0.6 is 0 Å². The summed E-state index contributed by atoms with van der Waals surface area (Å²) in [5, 5.41) is 3.37. The van der Waals surface area contributed by atoms with E-state index in [-0.39, 0.29) is 0 Å². The van der Waals surface area contributed by atoms with Gasteiger partial charge in [-0.2, -0.15) is 0 Å². The molecular formula is C14H22N4. The molecule has 2 aliphatic rings. The molecule has 4 nitrogen and oxygen atoms in total. The maximum Gasteiger partial charge on any atom is 0.128 e. The molecule has 0 saturated carbocycles. The summed E-state index contributed by atoms with van der Waals surface area (Å²) in [6.07, 6.45) is 6.06. The van der Waals surface area contributed by atoms with Crippen molar-refractivity contribution in [1.29, 1.82) is 0 Å². The number of hydrogen-bond donors (Lipinski definition) is 1. The zero-order valence-corrected chi connectivity index (χ0v) is 10.9. The Hall–Kier alpha value is -1.29. The molecule has 0 aromatic carbocycles. The van der Waals surface area contributed by atoms with Crippen LogP contribution in [-0.4, -0.2) is 44.3 Å². The SMILES string of the molecule is c1cc(N2CCNCC2)ncc1N1CCCCC1. The van der Waals surface area contributed by atoms with E-state index in [1.165, 1.54) is 38.0 Å². The van der Waals surface area contributed by atoms with Gasteiger partial charge in [0.1, 0.15) is 5.82 Å². The summed E-state index contributed by atoms with van der Waals surface area (Å²) >= 11 is 0. The van der Waals surface area contributed by atoms with Crippen molar-refractivity contribution in [2.75, 3.05) is 49.1 Å². The maximum atomic E-state index is 4.63. The second kappa shape index (κ2) is 5.57. The van der Waals surface area contributed by atoms with Crippen LogP contribution in [0.4, 0.5) is 11.5 Å². The summed E-state index contributed by atoms with van der Waals surface area (Å²) in [7, 11) is 0. The molecule has 0 unspecified atom stereocenters. The van der Waals surface area contributed by atoms with Crippen molar-refractivity contribution in [1.82, 2.24) is 10.3 Å². The van der Waals surface area contributed by atoms with Crippen molar-refractivity contribution in [2.45, 2.75) is 19.3 Å². The Kier molecular flexibility index (Phi) is 3.64. The number of piperidine rings is 1. The number of nitrogens with one attached hydrogen (secondary N) is 1. The monoisotopic (exact) mass is 246 g/mol. The number of hydrogen-bond acceptors (Lipinski definition) is 4. The van der Waals surface area contributed by atoms with Gasteiger partial charge in [-0.3, -0.25) is 0 Å². The molecule has 0 atom stereocenters. The molecule has 2 fully saturated rings. The number of nitrogens with zero attached hydrogens (tertiary/aromatic N) is 3. The van der Waals surface area contributed by atoms with E-state index in [9.17, 15) is 0 Å². The normalized spacial score (nSPS) is 21.1. The lowest BCUT2D eigenvalue weighted by molar-refractivity contribution is 0.575. The van der Waals surface area contributed by atoms with E-state index in [1.807, 2.05) is 6.20 Å². The number of piperazine rings is 1. The predicted molar refractivity (Wildman–Crippen MR) is 75.4 cm³/mol. The molecule has 3 heterocycles. The van der Waals surface area contributed by atoms with Crippen molar-refractivity contribution in [2.24, 2.45) is 0 Å². The smallest absolute Gasteiger partial charge is 0.128 e. The Morgan fingerprint density at radius 3 is 2.33 bits per heavy atom. The van der Waals surface area contributed by atoms with Crippen LogP contribution in [0.1, 0.15) is 19.3 Å². The minimum atomic E-state index is 1.07. The van der Waals surface area contributed by atoms with Crippen molar-refractivity contribution in [3.05, 3.63) is 18.3 Å². The number of pyridine rings is 1. The Bertz CT molecular complexity index is 327. The molecule has 98 valence electrons. The first kappa shape index (κ1) is 11.8. The van der Waals surface area contributed by atoms with Crippen LogP contribution < -0.4 is 15.1 Å². The van der Waals surface area contributed by atoms with Crippen LogP contribution in [0.2, 0.25) is 0 Å². The van der Waals surface area contributed by atoms with E-state index in [4.69, 9.17) is 0 Å². The molecule has 3 rings (SSSR count). The van der Waals surface area contributed by atoms with Crippen LogP contribution in [0, 0.1) is 0 Å². The lowest BCUT2D eigenvalue weighted by Crippen LogP contribution is -2.43. The van der Waals surface area contributed by atoms with Gasteiger partial charge in [0.15, 0.2) is 0 Å².